The summed E-state index contributed by atoms with van der Waals surface area (Å²) in [6.07, 6.45) is 11.3. The van der Waals surface area contributed by atoms with Crippen LogP contribution in [0, 0.1) is 39.4 Å². The molecule has 0 radical (unpaired) electrons. The van der Waals surface area contributed by atoms with Gasteiger partial charge in [0.05, 0.1) is 22.9 Å². The van der Waals surface area contributed by atoms with E-state index in [0.29, 0.717) is 56.5 Å². The Hall–Kier alpha value is -1.59. The van der Waals surface area contributed by atoms with E-state index in [1.54, 1.807) is 0 Å². The Kier molecular flexibility index (Phi) is 10.9. The van der Waals surface area contributed by atoms with Gasteiger partial charge in [-0.25, -0.2) is 0 Å². The Balaban J connectivity index is 1.75. The first-order valence-corrected chi connectivity index (χ1v) is 17.2. The molecule has 0 aromatic carbocycles. The van der Waals surface area contributed by atoms with Crippen molar-refractivity contribution in [2.45, 2.75) is 171 Å². The topological polar surface area (TPSA) is 78.9 Å². The summed E-state index contributed by atoms with van der Waals surface area (Å²) in [6, 6.07) is 0. The molecule has 4 aliphatic rings. The van der Waals surface area contributed by atoms with Crippen molar-refractivity contribution >= 4 is 17.9 Å². The first-order valence-electron chi connectivity index (χ1n) is 17.2. The predicted octanol–water partition coefficient (Wildman–Crippen LogP) is 9.22. The average molecular weight is 605 g/mol. The van der Waals surface area contributed by atoms with Crippen molar-refractivity contribution in [3.8, 4) is 0 Å². The van der Waals surface area contributed by atoms with E-state index in [0.717, 1.165) is 32.1 Å². The lowest BCUT2D eigenvalue weighted by atomic mass is 9.54. The summed E-state index contributed by atoms with van der Waals surface area (Å²) in [4.78, 5) is 40.7. The molecule has 0 aliphatic heterocycles. The summed E-state index contributed by atoms with van der Waals surface area (Å²) >= 11 is 0. The average Bonchev–Trinajstić information content (AvgIpc) is 2.85. The van der Waals surface area contributed by atoms with Crippen LogP contribution in [0.15, 0.2) is 0 Å². The Bertz CT molecular complexity index is 962. The molecule has 0 heterocycles. The van der Waals surface area contributed by atoms with Gasteiger partial charge in [0.15, 0.2) is 0 Å². The second kappa shape index (κ2) is 13.0. The minimum atomic E-state index is -0.828. The zero-order chi connectivity index (χ0) is 32.5. The van der Waals surface area contributed by atoms with Gasteiger partial charge in [0.25, 0.3) is 0 Å². The van der Waals surface area contributed by atoms with Crippen molar-refractivity contribution in [1.82, 2.24) is 0 Å². The SMILES string of the molecule is CCC(C)(CCC(C)(CCC(C)(C)C(=O)OC(C)(C)C)C(=O)OC12CC3CC(CC(C3)C1)C2)C(=O)OCCCC(C)(C)C. The highest BCUT2D eigenvalue weighted by Gasteiger charge is 2.55. The molecular weight excluding hydrogens is 540 g/mol. The molecule has 248 valence electrons. The summed E-state index contributed by atoms with van der Waals surface area (Å²) in [7, 11) is 0. The summed E-state index contributed by atoms with van der Waals surface area (Å²) in [6.45, 7) is 22.4. The molecular formula is C37H64O6. The van der Waals surface area contributed by atoms with Crippen LogP contribution < -0.4 is 0 Å². The molecule has 2 unspecified atom stereocenters. The van der Waals surface area contributed by atoms with Gasteiger partial charge in [0, 0.05) is 0 Å². The number of esters is 3. The fraction of sp³-hybridized carbons (Fsp3) is 0.919. The number of hydrogen-bond donors (Lipinski definition) is 0. The van der Waals surface area contributed by atoms with Gasteiger partial charge in [-0.05, 0) is 155 Å². The van der Waals surface area contributed by atoms with Crippen LogP contribution in [-0.4, -0.2) is 35.7 Å². The zero-order valence-electron chi connectivity index (χ0n) is 29.6. The predicted molar refractivity (Wildman–Crippen MR) is 171 cm³/mol. The lowest BCUT2D eigenvalue weighted by molar-refractivity contribution is -0.198. The molecule has 4 rings (SSSR count). The molecule has 6 nitrogen and oxygen atoms in total. The highest BCUT2D eigenvalue weighted by molar-refractivity contribution is 5.79. The van der Waals surface area contributed by atoms with Crippen LogP contribution >= 0.6 is 0 Å². The third-order valence-corrected chi connectivity index (χ3v) is 10.8. The largest absolute Gasteiger partial charge is 0.465 e. The van der Waals surface area contributed by atoms with E-state index in [-0.39, 0.29) is 28.9 Å². The zero-order valence-corrected chi connectivity index (χ0v) is 29.6. The number of carbonyl (C=O) groups is 3. The van der Waals surface area contributed by atoms with Crippen LogP contribution in [0.25, 0.3) is 0 Å². The van der Waals surface area contributed by atoms with Gasteiger partial charge in [0.2, 0.25) is 0 Å². The van der Waals surface area contributed by atoms with Gasteiger partial charge >= 0.3 is 17.9 Å². The van der Waals surface area contributed by atoms with Gasteiger partial charge < -0.3 is 14.2 Å². The molecule has 0 aromatic rings. The first-order chi connectivity index (χ1) is 19.6. The third-order valence-electron chi connectivity index (χ3n) is 10.8. The monoisotopic (exact) mass is 604 g/mol. The molecule has 0 N–H and O–H groups in total. The maximum atomic E-state index is 14.3. The third kappa shape index (κ3) is 9.70. The minimum Gasteiger partial charge on any atom is -0.465 e. The van der Waals surface area contributed by atoms with Crippen molar-refractivity contribution in [3.63, 3.8) is 0 Å². The van der Waals surface area contributed by atoms with E-state index in [2.05, 4.69) is 20.8 Å². The highest BCUT2D eigenvalue weighted by Crippen LogP contribution is 2.58. The van der Waals surface area contributed by atoms with Crippen molar-refractivity contribution < 1.29 is 28.6 Å². The molecule has 4 saturated carbocycles. The molecule has 0 aromatic heterocycles. The first kappa shape index (κ1) is 35.9. The van der Waals surface area contributed by atoms with Crippen LogP contribution in [0.4, 0.5) is 0 Å². The molecule has 43 heavy (non-hydrogen) atoms. The second-order valence-corrected chi connectivity index (χ2v) is 18.2. The van der Waals surface area contributed by atoms with Gasteiger partial charge in [-0.3, -0.25) is 14.4 Å². The van der Waals surface area contributed by atoms with E-state index in [1.807, 2.05) is 55.4 Å². The maximum absolute atomic E-state index is 14.3. The molecule has 4 bridgehead atoms. The number of carbonyl (C=O) groups excluding carboxylic acids is 3. The number of ether oxygens (including phenoxy) is 3. The smallest absolute Gasteiger partial charge is 0.312 e. The Labute approximate surface area is 263 Å². The van der Waals surface area contributed by atoms with E-state index < -0.39 is 21.8 Å². The van der Waals surface area contributed by atoms with Crippen molar-refractivity contribution in [3.05, 3.63) is 0 Å². The lowest BCUT2D eigenvalue weighted by Crippen LogP contribution is -2.54. The van der Waals surface area contributed by atoms with Gasteiger partial charge in [0.1, 0.15) is 11.2 Å². The standard InChI is InChI=1S/C37H64O6/c1-12-35(10,30(39)41-19-13-14-32(2,3)4)17-18-36(11,16-15-34(8,9)29(38)42-33(5,6)7)31(40)43-37-23-26-20-27(24-37)22-28(21-26)25-37/h26-28H,12-25H2,1-11H3. The van der Waals surface area contributed by atoms with Crippen LogP contribution in [0.2, 0.25) is 0 Å². The van der Waals surface area contributed by atoms with Crippen molar-refractivity contribution in [1.29, 1.82) is 0 Å². The minimum absolute atomic E-state index is 0.161. The number of rotatable bonds is 14. The summed E-state index contributed by atoms with van der Waals surface area (Å²) in [5.41, 5.74) is -2.99. The summed E-state index contributed by atoms with van der Waals surface area (Å²) < 4.78 is 18.1. The van der Waals surface area contributed by atoms with E-state index in [9.17, 15) is 14.4 Å². The normalized spacial score (nSPS) is 28.1. The van der Waals surface area contributed by atoms with Crippen molar-refractivity contribution in [2.24, 2.45) is 39.4 Å². The maximum Gasteiger partial charge on any atom is 0.312 e. The van der Waals surface area contributed by atoms with Gasteiger partial charge in [-0.15, -0.1) is 0 Å². The second-order valence-electron chi connectivity index (χ2n) is 18.2. The Morgan fingerprint density at radius 3 is 1.60 bits per heavy atom. The van der Waals surface area contributed by atoms with Crippen LogP contribution in [0.5, 0.6) is 0 Å². The van der Waals surface area contributed by atoms with Crippen LogP contribution in [0.3, 0.4) is 0 Å². The Morgan fingerprint density at radius 2 is 1.14 bits per heavy atom. The fourth-order valence-electron chi connectivity index (χ4n) is 7.83. The van der Waals surface area contributed by atoms with Crippen LogP contribution in [0.1, 0.15) is 160 Å². The molecule has 0 amide bonds. The summed E-state index contributed by atoms with van der Waals surface area (Å²) in [5, 5.41) is 0. The van der Waals surface area contributed by atoms with Gasteiger partial charge in [-0.1, -0.05) is 27.7 Å². The van der Waals surface area contributed by atoms with Gasteiger partial charge in [-0.2, -0.15) is 0 Å². The molecule has 6 heteroatoms. The highest BCUT2D eigenvalue weighted by atomic mass is 16.6. The summed E-state index contributed by atoms with van der Waals surface area (Å²) in [5.74, 6) is 1.42. The molecule has 0 spiro atoms. The molecule has 4 fully saturated rings. The molecule has 0 saturated heterocycles. The van der Waals surface area contributed by atoms with E-state index in [1.165, 1.54) is 19.3 Å². The lowest BCUT2D eigenvalue weighted by Gasteiger charge is -2.56. The molecule has 2 atom stereocenters. The molecule has 4 aliphatic carbocycles. The van der Waals surface area contributed by atoms with Crippen LogP contribution in [-0.2, 0) is 28.6 Å². The van der Waals surface area contributed by atoms with E-state index >= 15 is 0 Å². The van der Waals surface area contributed by atoms with E-state index in [4.69, 9.17) is 14.2 Å². The fourth-order valence-corrected chi connectivity index (χ4v) is 7.83. The number of hydrogen-bond acceptors (Lipinski definition) is 6. The quantitative estimate of drug-likeness (QED) is 0.112. The Morgan fingerprint density at radius 1 is 0.651 bits per heavy atom. The van der Waals surface area contributed by atoms with Crippen molar-refractivity contribution in [2.75, 3.05) is 6.61 Å².